The Kier molecular flexibility index (Phi) is 7.89. The molecule has 0 aromatic rings. The molecule has 0 atom stereocenters. The second-order valence-electron chi connectivity index (χ2n) is 1.31. The molecule has 0 amide bonds. The first-order valence-corrected chi connectivity index (χ1v) is 3.32. The quantitative estimate of drug-likeness (QED) is 0.255. The molecule has 0 spiro atoms. The maximum absolute atomic E-state index is 4.78. The summed E-state index contributed by atoms with van der Waals surface area (Å²) in [7, 11) is 3.25. The topological polar surface area (TPSA) is 30.8 Å². The van der Waals surface area contributed by atoms with Crippen LogP contribution in [-0.4, -0.2) is 27.0 Å². The fraction of sp³-hybridized carbons (Fsp3) is 0.800. The first kappa shape index (κ1) is 8.94. The van der Waals surface area contributed by atoms with Crippen LogP contribution in [0, 0.1) is 0 Å². The van der Waals surface area contributed by atoms with E-state index >= 15 is 0 Å². The van der Waals surface area contributed by atoms with Crippen LogP contribution in [0.15, 0.2) is 4.40 Å². The molecule has 0 bridgehead atoms. The van der Waals surface area contributed by atoms with Crippen molar-refractivity contribution in [2.24, 2.45) is 4.40 Å². The summed E-state index contributed by atoms with van der Waals surface area (Å²) >= 11 is 1.07. The predicted octanol–water partition coefficient (Wildman–Crippen LogP) is 1.30. The van der Waals surface area contributed by atoms with Gasteiger partial charge in [-0.05, 0) is 0 Å². The van der Waals surface area contributed by atoms with Gasteiger partial charge in [-0.15, -0.1) is 0 Å². The molecule has 0 aliphatic rings. The Labute approximate surface area is 59.8 Å². The zero-order valence-corrected chi connectivity index (χ0v) is 6.48. The highest BCUT2D eigenvalue weighted by molar-refractivity contribution is 7.93. The highest BCUT2D eigenvalue weighted by atomic mass is 32.2. The second kappa shape index (κ2) is 7.94. The summed E-state index contributed by atoms with van der Waals surface area (Å²) in [4.78, 5) is 0. The van der Waals surface area contributed by atoms with Crippen molar-refractivity contribution in [2.45, 2.75) is 6.42 Å². The Morgan fingerprint density at radius 2 is 2.33 bits per heavy atom. The van der Waals surface area contributed by atoms with Crippen molar-refractivity contribution >= 4 is 18.4 Å². The molecule has 0 aliphatic carbocycles. The number of hydrogen-bond donors (Lipinski definition) is 0. The zero-order valence-electron chi connectivity index (χ0n) is 5.66. The van der Waals surface area contributed by atoms with Gasteiger partial charge in [0.05, 0.1) is 13.7 Å². The Hall–Kier alpha value is -0.0600. The van der Waals surface area contributed by atoms with Gasteiger partial charge in [0, 0.05) is 19.7 Å². The van der Waals surface area contributed by atoms with Crippen molar-refractivity contribution < 1.29 is 8.92 Å². The maximum atomic E-state index is 4.78. The molecule has 0 aromatic heterocycles. The van der Waals surface area contributed by atoms with E-state index in [1.54, 1.807) is 20.4 Å². The Morgan fingerprint density at radius 1 is 1.56 bits per heavy atom. The first-order chi connectivity index (χ1) is 4.41. The van der Waals surface area contributed by atoms with Crippen molar-refractivity contribution in [1.29, 1.82) is 0 Å². The van der Waals surface area contributed by atoms with Crippen LogP contribution in [0.1, 0.15) is 6.42 Å². The molecule has 3 nitrogen and oxygen atoms in total. The van der Waals surface area contributed by atoms with E-state index in [9.17, 15) is 0 Å². The molecule has 0 radical (unpaired) electrons. The van der Waals surface area contributed by atoms with Gasteiger partial charge in [-0.1, -0.05) is 0 Å². The van der Waals surface area contributed by atoms with E-state index in [4.69, 9.17) is 4.74 Å². The van der Waals surface area contributed by atoms with Gasteiger partial charge in [0.15, 0.2) is 0 Å². The van der Waals surface area contributed by atoms with Gasteiger partial charge in [0.1, 0.15) is 12.2 Å². The maximum Gasteiger partial charge on any atom is 0.135 e. The van der Waals surface area contributed by atoms with Crippen LogP contribution < -0.4 is 0 Å². The van der Waals surface area contributed by atoms with Crippen molar-refractivity contribution in [3.8, 4) is 0 Å². The molecular formula is C5H11NO2S. The summed E-state index contributed by atoms with van der Waals surface area (Å²) < 4.78 is 13.2. The van der Waals surface area contributed by atoms with Gasteiger partial charge in [-0.25, -0.2) is 4.40 Å². The Balaban J connectivity index is 2.86. The van der Waals surface area contributed by atoms with E-state index in [1.165, 1.54) is 0 Å². The molecule has 9 heavy (non-hydrogen) atoms. The molecule has 54 valence electrons. The Bertz CT molecular complexity index is 77.4. The molecule has 4 heteroatoms. The lowest BCUT2D eigenvalue weighted by Gasteiger charge is -1.88. The van der Waals surface area contributed by atoms with Crippen LogP contribution in [-0.2, 0) is 8.92 Å². The van der Waals surface area contributed by atoms with Crippen LogP contribution in [0.4, 0.5) is 0 Å². The zero-order chi connectivity index (χ0) is 6.95. The standard InChI is InChI=1S/C5H11NO2S/c1-7-5-3-4-6-9-8-2/h4H,3,5H2,1-2H3/b6-4+. The molecule has 0 saturated carbocycles. The second-order valence-corrected chi connectivity index (χ2v) is 2.00. The predicted molar refractivity (Wildman–Crippen MR) is 39.6 cm³/mol. The third kappa shape index (κ3) is 7.94. The van der Waals surface area contributed by atoms with Crippen LogP contribution in [0.3, 0.4) is 0 Å². The van der Waals surface area contributed by atoms with E-state index in [-0.39, 0.29) is 0 Å². The SMILES string of the molecule is COCC/C=N/SOC. The van der Waals surface area contributed by atoms with E-state index in [0.29, 0.717) is 6.61 Å². The minimum Gasteiger partial charge on any atom is -0.384 e. The van der Waals surface area contributed by atoms with Gasteiger partial charge < -0.3 is 4.74 Å². The largest absolute Gasteiger partial charge is 0.384 e. The molecule has 0 saturated heterocycles. The lowest BCUT2D eigenvalue weighted by molar-refractivity contribution is 0.208. The number of hydrogen-bond acceptors (Lipinski definition) is 4. The van der Waals surface area contributed by atoms with Crippen LogP contribution in [0.5, 0.6) is 0 Å². The highest BCUT2D eigenvalue weighted by Crippen LogP contribution is 1.98. The van der Waals surface area contributed by atoms with Crippen LogP contribution >= 0.6 is 12.2 Å². The smallest absolute Gasteiger partial charge is 0.135 e. The molecule has 0 aliphatic heterocycles. The normalized spacial score (nSPS) is 10.9. The van der Waals surface area contributed by atoms with Crippen molar-refractivity contribution in [3.05, 3.63) is 0 Å². The summed E-state index contributed by atoms with van der Waals surface area (Å²) in [6.45, 7) is 0.716. The monoisotopic (exact) mass is 149 g/mol. The van der Waals surface area contributed by atoms with E-state index in [2.05, 4.69) is 8.58 Å². The molecule has 0 aromatic carbocycles. The van der Waals surface area contributed by atoms with Crippen molar-refractivity contribution in [3.63, 3.8) is 0 Å². The minimum absolute atomic E-state index is 0.716. The van der Waals surface area contributed by atoms with E-state index < -0.39 is 0 Å². The molecule has 0 fully saturated rings. The fourth-order valence-corrected chi connectivity index (χ4v) is 0.549. The summed E-state index contributed by atoms with van der Waals surface area (Å²) in [5, 5.41) is 0. The number of methoxy groups -OCH3 is 1. The molecule has 0 unspecified atom stereocenters. The molecule has 0 N–H and O–H groups in total. The van der Waals surface area contributed by atoms with Gasteiger partial charge in [0.2, 0.25) is 0 Å². The number of ether oxygens (including phenoxy) is 1. The summed E-state index contributed by atoms with van der Waals surface area (Å²) in [5.74, 6) is 0. The Morgan fingerprint density at radius 3 is 2.89 bits per heavy atom. The summed E-state index contributed by atoms with van der Waals surface area (Å²) in [6.07, 6.45) is 2.60. The molecule has 0 rings (SSSR count). The highest BCUT2D eigenvalue weighted by Gasteiger charge is 1.77. The van der Waals surface area contributed by atoms with Gasteiger partial charge in [-0.3, -0.25) is 4.18 Å². The average Bonchev–Trinajstić information content (AvgIpc) is 1.89. The minimum atomic E-state index is 0.716. The van der Waals surface area contributed by atoms with Gasteiger partial charge >= 0.3 is 0 Å². The molecular weight excluding hydrogens is 138 g/mol. The number of nitrogens with zero attached hydrogens (tertiary/aromatic N) is 1. The van der Waals surface area contributed by atoms with Gasteiger partial charge in [-0.2, -0.15) is 0 Å². The van der Waals surface area contributed by atoms with E-state index in [1.807, 2.05) is 0 Å². The first-order valence-electron chi connectivity index (χ1n) is 2.62. The number of rotatable bonds is 5. The van der Waals surface area contributed by atoms with Crippen LogP contribution in [0.2, 0.25) is 0 Å². The van der Waals surface area contributed by atoms with E-state index in [0.717, 1.165) is 18.6 Å². The van der Waals surface area contributed by atoms with Crippen molar-refractivity contribution in [1.82, 2.24) is 0 Å². The lowest BCUT2D eigenvalue weighted by atomic mass is 10.5. The van der Waals surface area contributed by atoms with Crippen LogP contribution in [0.25, 0.3) is 0 Å². The van der Waals surface area contributed by atoms with Crippen molar-refractivity contribution in [2.75, 3.05) is 20.8 Å². The summed E-state index contributed by atoms with van der Waals surface area (Å²) in [5.41, 5.74) is 0. The third-order valence-electron chi connectivity index (χ3n) is 0.643. The van der Waals surface area contributed by atoms with Gasteiger partial charge in [0.25, 0.3) is 0 Å². The fourth-order valence-electron chi connectivity index (χ4n) is 0.297. The average molecular weight is 149 g/mol. The summed E-state index contributed by atoms with van der Waals surface area (Å²) in [6, 6.07) is 0. The molecule has 0 heterocycles. The third-order valence-corrected chi connectivity index (χ3v) is 1.03. The lowest BCUT2D eigenvalue weighted by Crippen LogP contribution is -1.87.